The van der Waals surface area contributed by atoms with Gasteiger partial charge in [-0.2, -0.15) is 0 Å². The fraction of sp³-hybridized carbons (Fsp3) is 0.818. The van der Waals surface area contributed by atoms with Crippen LogP contribution in [0.1, 0.15) is 32.6 Å². The van der Waals surface area contributed by atoms with Crippen LogP contribution in [0.25, 0.3) is 0 Å². The molecule has 0 spiro atoms. The minimum atomic E-state index is 0. The van der Waals surface area contributed by atoms with Gasteiger partial charge in [-0.25, -0.2) is 0 Å². The Morgan fingerprint density at radius 3 is 2.40 bits per heavy atom. The van der Waals surface area contributed by atoms with Crippen molar-refractivity contribution in [2.24, 2.45) is 0 Å². The highest BCUT2D eigenvalue weighted by Crippen LogP contribution is 1.93. The molecule has 0 rings (SSSR count). The second kappa shape index (κ2) is 17.5. The van der Waals surface area contributed by atoms with E-state index in [0.717, 1.165) is 32.5 Å². The summed E-state index contributed by atoms with van der Waals surface area (Å²) in [7, 11) is 0. The number of halogens is 1. The Hall–Kier alpha value is 1.16. The quantitative estimate of drug-likeness (QED) is 0.152. The van der Waals surface area contributed by atoms with Gasteiger partial charge < -0.3 is 9.47 Å². The first kappa shape index (κ1) is 18.5. The van der Waals surface area contributed by atoms with Crippen molar-refractivity contribution in [3.05, 3.63) is 12.2 Å². The lowest BCUT2D eigenvalue weighted by molar-refractivity contribution is -0.0528. The van der Waals surface area contributed by atoms with Crippen LogP contribution in [0, 0.1) is 0 Å². The lowest BCUT2D eigenvalue weighted by atomic mass is 10.3. The summed E-state index contributed by atoms with van der Waals surface area (Å²) in [4.78, 5) is 0. The highest BCUT2D eigenvalue weighted by atomic mass is 127. The van der Waals surface area contributed by atoms with Crippen molar-refractivity contribution in [1.82, 2.24) is 0 Å². The molecule has 0 unspecified atom stereocenters. The largest absolute Gasteiger partial charge is 0.355 e. The molecule has 0 aliphatic rings. The van der Waals surface area contributed by atoms with E-state index in [1.165, 1.54) is 10.8 Å². The van der Waals surface area contributed by atoms with Gasteiger partial charge in [0.1, 0.15) is 6.79 Å². The molecule has 0 amide bonds. The first-order valence-corrected chi connectivity index (χ1v) is 6.80. The molecule has 0 aromatic carbocycles. The second-order valence-corrected chi connectivity index (χ2v) is 4.10. The maximum Gasteiger partial charge on any atom is 0.146 e. The van der Waals surface area contributed by atoms with Gasteiger partial charge in [0.25, 0.3) is 0 Å². The third-order valence-corrected chi connectivity index (χ3v) is 2.30. The van der Waals surface area contributed by atoms with Gasteiger partial charge >= 0.3 is 0 Å². The van der Waals surface area contributed by atoms with Gasteiger partial charge in [-0.1, -0.05) is 48.1 Å². The summed E-state index contributed by atoms with van der Waals surface area (Å²) >= 11 is 2.37. The van der Waals surface area contributed by atoms with Crippen molar-refractivity contribution >= 4 is 45.6 Å². The standard InChI is InChI=1S/C11H21IO2.Mg/c1-2-3-9-13-11-14-10-7-5-4-6-8-12;/h4-5H,2-3,6-11H2,1H3;/b5-4-;. The number of allylic oxidation sites excluding steroid dienone is 1. The normalized spacial score (nSPS) is 10.5. The molecule has 0 saturated carbocycles. The number of hydrogen-bond acceptors (Lipinski definition) is 2. The zero-order valence-corrected chi connectivity index (χ0v) is 13.3. The van der Waals surface area contributed by atoms with E-state index in [4.69, 9.17) is 9.47 Å². The van der Waals surface area contributed by atoms with Crippen LogP contribution in [-0.2, 0) is 9.47 Å². The minimum absolute atomic E-state index is 0. The Morgan fingerprint density at radius 2 is 1.73 bits per heavy atom. The molecule has 0 aromatic rings. The summed E-state index contributed by atoms with van der Waals surface area (Å²) in [5, 5.41) is 0. The molecular formula is C11H21IMgO2. The Labute approximate surface area is 123 Å². The fourth-order valence-corrected chi connectivity index (χ4v) is 1.23. The summed E-state index contributed by atoms with van der Waals surface area (Å²) in [6, 6.07) is 0. The predicted octanol–water partition coefficient (Wildman–Crippen LogP) is 3.17. The molecule has 0 fully saturated rings. The van der Waals surface area contributed by atoms with Crippen LogP contribution in [0.4, 0.5) is 0 Å². The Kier molecular flexibility index (Phi) is 21.7. The first-order valence-electron chi connectivity index (χ1n) is 5.28. The van der Waals surface area contributed by atoms with Crippen molar-refractivity contribution in [1.29, 1.82) is 0 Å². The topological polar surface area (TPSA) is 18.5 Å². The molecule has 0 N–H and O–H groups in total. The molecule has 0 heterocycles. The average molecular weight is 336 g/mol. The zero-order chi connectivity index (χ0) is 10.5. The van der Waals surface area contributed by atoms with E-state index < -0.39 is 0 Å². The monoisotopic (exact) mass is 336 g/mol. The molecule has 4 heteroatoms. The zero-order valence-electron chi connectivity index (χ0n) is 9.71. The van der Waals surface area contributed by atoms with E-state index in [0.29, 0.717) is 6.79 Å². The highest BCUT2D eigenvalue weighted by molar-refractivity contribution is 14.1. The lowest BCUT2D eigenvalue weighted by Gasteiger charge is -2.03. The van der Waals surface area contributed by atoms with Crippen LogP contribution >= 0.6 is 22.6 Å². The molecule has 0 aliphatic carbocycles. The Bertz CT molecular complexity index is 132. The summed E-state index contributed by atoms with van der Waals surface area (Å²) in [5.41, 5.74) is 0. The van der Waals surface area contributed by atoms with Gasteiger partial charge in [0, 0.05) is 34.1 Å². The van der Waals surface area contributed by atoms with Crippen LogP contribution in [0.15, 0.2) is 12.2 Å². The molecule has 2 radical (unpaired) electrons. The van der Waals surface area contributed by atoms with Crippen LogP contribution in [0.5, 0.6) is 0 Å². The van der Waals surface area contributed by atoms with E-state index in [-0.39, 0.29) is 23.1 Å². The van der Waals surface area contributed by atoms with Crippen molar-refractivity contribution in [2.75, 3.05) is 24.4 Å². The third-order valence-electron chi connectivity index (χ3n) is 1.68. The summed E-state index contributed by atoms with van der Waals surface area (Å²) in [6.07, 6.45) is 8.83. The fourth-order valence-electron chi connectivity index (χ4n) is 0.873. The van der Waals surface area contributed by atoms with E-state index in [9.17, 15) is 0 Å². The number of ether oxygens (including phenoxy) is 2. The molecule has 15 heavy (non-hydrogen) atoms. The molecule has 0 aromatic heterocycles. The summed E-state index contributed by atoms with van der Waals surface area (Å²) in [6.45, 7) is 4.19. The van der Waals surface area contributed by atoms with Crippen molar-refractivity contribution in [2.45, 2.75) is 32.6 Å². The number of unbranched alkanes of at least 4 members (excludes halogenated alkanes) is 1. The van der Waals surface area contributed by atoms with Crippen molar-refractivity contribution in [3.8, 4) is 0 Å². The molecule has 0 bridgehead atoms. The van der Waals surface area contributed by atoms with E-state index in [2.05, 4.69) is 41.7 Å². The number of alkyl halides is 1. The van der Waals surface area contributed by atoms with E-state index in [1.807, 2.05) is 0 Å². The maximum absolute atomic E-state index is 5.29. The van der Waals surface area contributed by atoms with Crippen LogP contribution in [0.2, 0.25) is 0 Å². The summed E-state index contributed by atoms with van der Waals surface area (Å²) in [5.74, 6) is 0. The molecule has 0 atom stereocenters. The van der Waals surface area contributed by atoms with E-state index in [1.54, 1.807) is 0 Å². The molecule has 0 aliphatic heterocycles. The van der Waals surface area contributed by atoms with Crippen LogP contribution < -0.4 is 0 Å². The Balaban J connectivity index is 0. The average Bonchev–Trinajstić information content (AvgIpc) is 2.21. The number of hydrogen-bond donors (Lipinski definition) is 0. The van der Waals surface area contributed by atoms with Gasteiger partial charge in [-0.15, -0.1) is 0 Å². The predicted molar refractivity (Wildman–Crippen MR) is 74.7 cm³/mol. The van der Waals surface area contributed by atoms with Gasteiger partial charge in [0.15, 0.2) is 0 Å². The van der Waals surface area contributed by atoms with Crippen molar-refractivity contribution in [3.63, 3.8) is 0 Å². The lowest BCUT2D eigenvalue weighted by Crippen LogP contribution is -2.02. The first-order chi connectivity index (χ1) is 6.91. The van der Waals surface area contributed by atoms with Gasteiger partial charge in [-0.05, 0) is 19.3 Å². The maximum atomic E-state index is 5.29. The molecule has 0 saturated heterocycles. The minimum Gasteiger partial charge on any atom is -0.355 e. The SMILES string of the molecule is CCCCOCOCC/C=C\CCI.[Mg]. The molecule has 86 valence electrons. The Morgan fingerprint density at radius 1 is 1.07 bits per heavy atom. The highest BCUT2D eigenvalue weighted by Gasteiger charge is 1.87. The van der Waals surface area contributed by atoms with Gasteiger partial charge in [-0.3, -0.25) is 0 Å². The van der Waals surface area contributed by atoms with Gasteiger partial charge in [0.05, 0.1) is 6.61 Å². The molecule has 2 nitrogen and oxygen atoms in total. The summed E-state index contributed by atoms with van der Waals surface area (Å²) < 4.78 is 11.7. The number of rotatable bonds is 10. The van der Waals surface area contributed by atoms with Crippen LogP contribution in [-0.4, -0.2) is 47.5 Å². The third kappa shape index (κ3) is 17.8. The van der Waals surface area contributed by atoms with E-state index >= 15 is 0 Å². The smallest absolute Gasteiger partial charge is 0.146 e. The second-order valence-electron chi connectivity index (χ2n) is 3.03. The van der Waals surface area contributed by atoms with Crippen LogP contribution in [0.3, 0.4) is 0 Å². The van der Waals surface area contributed by atoms with Gasteiger partial charge in [0.2, 0.25) is 0 Å². The molecular weight excluding hydrogens is 315 g/mol. The van der Waals surface area contributed by atoms with Crippen molar-refractivity contribution < 1.29 is 9.47 Å².